The summed E-state index contributed by atoms with van der Waals surface area (Å²) in [6.45, 7) is 0.208. The molecule has 206 valence electrons. The van der Waals surface area contributed by atoms with Crippen molar-refractivity contribution in [3.05, 3.63) is 59.2 Å². The number of aliphatic hydroxyl groups is 1. The zero-order valence-electron chi connectivity index (χ0n) is 19.4. The van der Waals surface area contributed by atoms with E-state index < -0.39 is 57.3 Å². The molecular formula is C23H20F6N2O6S. The van der Waals surface area contributed by atoms with Gasteiger partial charge in [0.15, 0.2) is 9.84 Å². The van der Waals surface area contributed by atoms with Crippen molar-refractivity contribution >= 4 is 27.3 Å². The fraction of sp³-hybridized carbons (Fsp3) is 0.391. The Hall–Kier alpha value is -3.17. The Morgan fingerprint density at radius 1 is 1.03 bits per heavy atom. The minimum atomic E-state index is -6.07. The highest BCUT2D eigenvalue weighted by molar-refractivity contribution is 7.90. The van der Waals surface area contributed by atoms with Gasteiger partial charge in [0.25, 0.3) is 17.4 Å². The lowest BCUT2D eigenvalue weighted by atomic mass is 9.92. The maximum absolute atomic E-state index is 13.2. The first kappa shape index (κ1) is 27.9. The Bertz CT molecular complexity index is 1360. The number of alkyl halides is 6. The van der Waals surface area contributed by atoms with Gasteiger partial charge in [-0.1, -0.05) is 18.2 Å². The van der Waals surface area contributed by atoms with Crippen molar-refractivity contribution < 1.29 is 54.2 Å². The number of ether oxygens (including phenoxy) is 1. The average molecular weight is 566 g/mol. The number of benzene rings is 2. The number of hydrogen-bond acceptors (Lipinski definition) is 6. The van der Waals surface area contributed by atoms with E-state index in [1.807, 2.05) is 0 Å². The molecule has 2 atom stereocenters. The number of carbonyl (C=O) groups is 2. The molecule has 2 heterocycles. The minimum Gasteiger partial charge on any atom is -0.369 e. The largest absolute Gasteiger partial charge is 0.430 e. The van der Waals surface area contributed by atoms with E-state index in [1.165, 1.54) is 18.2 Å². The first-order valence-electron chi connectivity index (χ1n) is 11.0. The van der Waals surface area contributed by atoms with Gasteiger partial charge in [-0.25, -0.2) is 8.42 Å². The smallest absolute Gasteiger partial charge is 0.369 e. The third-order valence-corrected chi connectivity index (χ3v) is 7.50. The van der Waals surface area contributed by atoms with Crippen LogP contribution in [0, 0.1) is 0 Å². The van der Waals surface area contributed by atoms with Gasteiger partial charge in [-0.3, -0.25) is 9.59 Å². The molecule has 38 heavy (non-hydrogen) atoms. The normalized spacial score (nSPS) is 20.1. The highest BCUT2D eigenvalue weighted by atomic mass is 32.2. The molecule has 2 aromatic carbocycles. The number of rotatable bonds is 5. The molecule has 15 heteroatoms. The number of anilines is 1. The Balaban J connectivity index is 1.64. The van der Waals surface area contributed by atoms with Crippen LogP contribution >= 0.6 is 0 Å². The van der Waals surface area contributed by atoms with Gasteiger partial charge < -0.3 is 20.1 Å². The Labute approximate surface area is 212 Å². The van der Waals surface area contributed by atoms with Crippen molar-refractivity contribution in [3.8, 4) is 0 Å². The van der Waals surface area contributed by atoms with E-state index in [4.69, 9.17) is 4.74 Å². The third kappa shape index (κ3) is 4.73. The van der Waals surface area contributed by atoms with Crippen LogP contribution in [0.15, 0.2) is 47.4 Å². The van der Waals surface area contributed by atoms with Crippen LogP contribution in [0.25, 0.3) is 0 Å². The lowest BCUT2D eigenvalue weighted by molar-refractivity contribution is -0.376. The standard InChI is InChI=1S/C23H20F6N2O6S/c1-38(35,36)15-6-7-16-12(10-15)11-31(20(33)17-8-9-37-17)18(16)19(32)30-14-4-2-13(3-5-14)21(34,22(24,25)26)23(27,28)29/h2-7,10,17-18,34H,8-9,11H2,1H3,(H,30,32). The summed E-state index contributed by atoms with van der Waals surface area (Å²) in [6.07, 6.45) is -11.6. The fourth-order valence-corrected chi connectivity index (χ4v) is 4.93. The van der Waals surface area contributed by atoms with E-state index in [2.05, 4.69) is 5.32 Å². The van der Waals surface area contributed by atoms with Crippen LogP contribution < -0.4 is 5.32 Å². The predicted octanol–water partition coefficient (Wildman–Crippen LogP) is 3.21. The first-order chi connectivity index (χ1) is 17.4. The number of halogens is 6. The predicted molar refractivity (Wildman–Crippen MR) is 118 cm³/mol. The molecule has 0 saturated carbocycles. The molecule has 2 unspecified atom stereocenters. The fourth-order valence-electron chi connectivity index (χ4n) is 4.26. The maximum Gasteiger partial charge on any atom is 0.430 e. The summed E-state index contributed by atoms with van der Waals surface area (Å²) in [4.78, 5) is 27.3. The van der Waals surface area contributed by atoms with E-state index in [0.29, 0.717) is 36.3 Å². The number of amides is 2. The summed E-state index contributed by atoms with van der Waals surface area (Å²) in [5.74, 6) is -1.39. The zero-order valence-corrected chi connectivity index (χ0v) is 20.2. The summed E-state index contributed by atoms with van der Waals surface area (Å²) in [5.41, 5.74) is -6.18. The van der Waals surface area contributed by atoms with Crippen molar-refractivity contribution in [1.82, 2.24) is 4.90 Å². The summed E-state index contributed by atoms with van der Waals surface area (Å²) >= 11 is 0. The molecule has 4 rings (SSSR count). The van der Waals surface area contributed by atoms with Crippen molar-refractivity contribution in [3.63, 3.8) is 0 Å². The van der Waals surface area contributed by atoms with Gasteiger partial charge in [-0.15, -0.1) is 0 Å². The molecule has 2 aliphatic heterocycles. The van der Waals surface area contributed by atoms with Gasteiger partial charge >= 0.3 is 12.4 Å². The van der Waals surface area contributed by atoms with Crippen LogP contribution in [0.3, 0.4) is 0 Å². The molecule has 0 aliphatic carbocycles. The number of fused-ring (bicyclic) bond motifs is 1. The van der Waals surface area contributed by atoms with Crippen molar-refractivity contribution in [2.75, 3.05) is 18.2 Å². The second kappa shape index (κ2) is 9.24. The van der Waals surface area contributed by atoms with Gasteiger partial charge in [0, 0.05) is 30.5 Å². The summed E-state index contributed by atoms with van der Waals surface area (Å²) in [5, 5.41) is 11.9. The second-order valence-corrected chi connectivity index (χ2v) is 10.9. The van der Waals surface area contributed by atoms with Crippen LogP contribution in [0.2, 0.25) is 0 Å². The average Bonchev–Trinajstić information content (AvgIpc) is 3.15. The molecule has 0 spiro atoms. The molecule has 0 bridgehead atoms. The number of nitrogens with one attached hydrogen (secondary N) is 1. The van der Waals surface area contributed by atoms with Crippen molar-refractivity contribution in [1.29, 1.82) is 0 Å². The summed E-state index contributed by atoms with van der Waals surface area (Å²) < 4.78 is 108. The molecule has 0 radical (unpaired) electrons. The SMILES string of the molecule is CS(=O)(=O)c1ccc2c(c1)CN(C(=O)C1CCO1)C2C(=O)Nc1ccc(C(O)(C(F)(F)F)C(F)(F)F)cc1. The monoisotopic (exact) mass is 566 g/mol. The van der Waals surface area contributed by atoms with E-state index in [-0.39, 0.29) is 17.1 Å². The molecule has 1 saturated heterocycles. The van der Waals surface area contributed by atoms with Gasteiger partial charge in [0.05, 0.1) is 11.5 Å². The van der Waals surface area contributed by atoms with E-state index in [1.54, 1.807) is 0 Å². The highest BCUT2D eigenvalue weighted by Gasteiger charge is 2.71. The van der Waals surface area contributed by atoms with Gasteiger partial charge in [-0.2, -0.15) is 26.3 Å². The van der Waals surface area contributed by atoms with Crippen LogP contribution in [-0.2, 0) is 36.3 Å². The van der Waals surface area contributed by atoms with Crippen LogP contribution in [0.1, 0.15) is 29.2 Å². The Morgan fingerprint density at radius 2 is 1.61 bits per heavy atom. The molecule has 2 aliphatic rings. The van der Waals surface area contributed by atoms with Crippen LogP contribution in [0.4, 0.5) is 32.0 Å². The lowest BCUT2D eigenvalue weighted by Gasteiger charge is -2.33. The summed E-state index contributed by atoms with van der Waals surface area (Å²) in [7, 11) is -3.60. The topological polar surface area (TPSA) is 113 Å². The number of sulfone groups is 1. The van der Waals surface area contributed by atoms with Gasteiger partial charge in [-0.05, 0) is 35.4 Å². The molecule has 0 aromatic heterocycles. The van der Waals surface area contributed by atoms with Crippen molar-refractivity contribution in [2.24, 2.45) is 0 Å². The first-order valence-corrected chi connectivity index (χ1v) is 12.9. The van der Waals surface area contributed by atoms with E-state index >= 15 is 0 Å². The number of hydrogen-bond donors (Lipinski definition) is 2. The molecular weight excluding hydrogens is 546 g/mol. The third-order valence-electron chi connectivity index (χ3n) is 6.39. The van der Waals surface area contributed by atoms with Crippen molar-refractivity contribution in [2.45, 2.75) is 48.0 Å². The number of nitrogens with zero attached hydrogens (tertiary/aromatic N) is 1. The molecule has 1 fully saturated rings. The van der Waals surface area contributed by atoms with Crippen LogP contribution in [0.5, 0.6) is 0 Å². The minimum absolute atomic E-state index is 0.0398. The summed E-state index contributed by atoms with van der Waals surface area (Å²) in [6, 6.07) is 4.92. The maximum atomic E-state index is 13.2. The van der Waals surface area contributed by atoms with Crippen LogP contribution in [-0.4, -0.2) is 61.6 Å². The molecule has 8 nitrogen and oxygen atoms in total. The molecule has 2 amide bonds. The lowest BCUT2D eigenvalue weighted by Crippen LogP contribution is -2.53. The quantitative estimate of drug-likeness (QED) is 0.538. The highest BCUT2D eigenvalue weighted by Crippen LogP contribution is 2.50. The number of carbonyl (C=O) groups excluding carboxylic acids is 2. The van der Waals surface area contributed by atoms with E-state index in [0.717, 1.165) is 23.3 Å². The Kier molecular flexibility index (Phi) is 6.77. The van der Waals surface area contributed by atoms with Gasteiger partial charge in [0.2, 0.25) is 0 Å². The van der Waals surface area contributed by atoms with Gasteiger partial charge in [0.1, 0.15) is 12.1 Å². The second-order valence-electron chi connectivity index (χ2n) is 8.92. The Morgan fingerprint density at radius 3 is 2.08 bits per heavy atom. The molecule has 2 N–H and O–H groups in total. The zero-order chi connectivity index (χ0) is 28.3. The van der Waals surface area contributed by atoms with E-state index in [9.17, 15) is 49.5 Å². The molecule has 2 aromatic rings.